The molecule has 0 heterocycles. The molecule has 1 N–H and O–H groups in total. The van der Waals surface area contributed by atoms with Crippen LogP contribution < -0.4 is 0 Å². The first-order valence-electron chi connectivity index (χ1n) is 5.24. The minimum Gasteiger partial charge on any atom is -0.481 e. The molecule has 0 amide bonds. The second-order valence-corrected chi connectivity index (χ2v) is 4.83. The van der Waals surface area contributed by atoms with Gasteiger partial charge < -0.3 is 9.84 Å². The third-order valence-corrected chi connectivity index (χ3v) is 2.13. The van der Waals surface area contributed by atoms with Crippen LogP contribution in [-0.2, 0) is 14.3 Å². The second kappa shape index (κ2) is 5.68. The van der Waals surface area contributed by atoms with Gasteiger partial charge in [0, 0.05) is 0 Å². The lowest BCUT2D eigenvalue weighted by molar-refractivity contribution is -0.160. The van der Waals surface area contributed by atoms with Crippen LogP contribution in [0.1, 0.15) is 34.1 Å². The number of ether oxygens (including phenoxy) is 1. The molecule has 0 saturated heterocycles. The van der Waals surface area contributed by atoms with Gasteiger partial charge in [0.15, 0.2) is 0 Å². The van der Waals surface area contributed by atoms with Gasteiger partial charge in [-0.3, -0.25) is 9.59 Å². The van der Waals surface area contributed by atoms with Crippen molar-refractivity contribution in [2.75, 3.05) is 0 Å². The largest absolute Gasteiger partial charge is 0.481 e. The SMILES string of the molecule is C=C[C@H](C)C(CC(=O)OC(C)(C)C)C(=O)O. The minimum atomic E-state index is -1.00. The normalized spacial score (nSPS) is 15.0. The minimum absolute atomic E-state index is 0.125. The second-order valence-electron chi connectivity index (χ2n) is 4.83. The maximum atomic E-state index is 11.5. The number of carboxylic acids is 1. The molecular formula is C12H20O4. The molecule has 0 spiro atoms. The highest BCUT2D eigenvalue weighted by atomic mass is 16.6. The summed E-state index contributed by atoms with van der Waals surface area (Å²) in [7, 11) is 0. The van der Waals surface area contributed by atoms with E-state index in [0.717, 1.165) is 0 Å². The van der Waals surface area contributed by atoms with Gasteiger partial charge in [0.1, 0.15) is 5.60 Å². The summed E-state index contributed by atoms with van der Waals surface area (Å²) in [5.41, 5.74) is -0.586. The lowest BCUT2D eigenvalue weighted by atomic mass is 9.91. The van der Waals surface area contributed by atoms with Gasteiger partial charge in [-0.2, -0.15) is 0 Å². The van der Waals surface area contributed by atoms with Crippen LogP contribution in [0.15, 0.2) is 12.7 Å². The van der Waals surface area contributed by atoms with Gasteiger partial charge in [0.2, 0.25) is 0 Å². The van der Waals surface area contributed by atoms with E-state index in [4.69, 9.17) is 9.84 Å². The molecule has 1 unspecified atom stereocenters. The van der Waals surface area contributed by atoms with E-state index in [0.29, 0.717) is 0 Å². The lowest BCUT2D eigenvalue weighted by Gasteiger charge is -2.22. The highest BCUT2D eigenvalue weighted by molar-refractivity contribution is 5.79. The molecule has 4 heteroatoms. The van der Waals surface area contributed by atoms with Gasteiger partial charge in [-0.25, -0.2) is 0 Å². The molecule has 0 aromatic rings. The fourth-order valence-electron chi connectivity index (χ4n) is 1.23. The van der Waals surface area contributed by atoms with E-state index in [2.05, 4.69) is 6.58 Å². The Hall–Kier alpha value is -1.32. The molecule has 92 valence electrons. The number of rotatable bonds is 5. The predicted octanol–water partition coefficient (Wildman–Crippen LogP) is 2.24. The number of allylic oxidation sites excluding steroid dienone is 1. The van der Waals surface area contributed by atoms with Crippen molar-refractivity contribution in [1.29, 1.82) is 0 Å². The van der Waals surface area contributed by atoms with Crippen LogP contribution in [0.25, 0.3) is 0 Å². The lowest BCUT2D eigenvalue weighted by Crippen LogP contribution is -2.29. The Morgan fingerprint density at radius 1 is 1.44 bits per heavy atom. The van der Waals surface area contributed by atoms with Gasteiger partial charge in [0.25, 0.3) is 0 Å². The van der Waals surface area contributed by atoms with E-state index < -0.39 is 23.5 Å². The number of hydrogen-bond donors (Lipinski definition) is 1. The fourth-order valence-corrected chi connectivity index (χ4v) is 1.23. The first kappa shape index (κ1) is 14.7. The van der Waals surface area contributed by atoms with Crippen molar-refractivity contribution >= 4 is 11.9 Å². The Morgan fingerprint density at radius 3 is 2.25 bits per heavy atom. The third kappa shape index (κ3) is 5.53. The van der Waals surface area contributed by atoms with Crippen molar-refractivity contribution in [3.8, 4) is 0 Å². The van der Waals surface area contributed by atoms with Crippen LogP contribution in [0.4, 0.5) is 0 Å². The molecular weight excluding hydrogens is 208 g/mol. The Bertz CT molecular complexity index is 275. The van der Waals surface area contributed by atoms with Gasteiger partial charge >= 0.3 is 11.9 Å². The molecule has 2 atom stereocenters. The third-order valence-electron chi connectivity index (χ3n) is 2.13. The van der Waals surface area contributed by atoms with Crippen molar-refractivity contribution in [2.45, 2.75) is 39.7 Å². The number of hydrogen-bond acceptors (Lipinski definition) is 3. The smallest absolute Gasteiger partial charge is 0.307 e. The number of aliphatic carboxylic acids is 1. The molecule has 0 aliphatic carbocycles. The maximum absolute atomic E-state index is 11.5. The standard InChI is InChI=1S/C12H20O4/c1-6-8(2)9(11(14)15)7-10(13)16-12(3,4)5/h6,8-9H,1,7H2,2-5H3,(H,14,15)/t8-,9?/m0/s1. The van der Waals surface area contributed by atoms with E-state index in [1.807, 2.05) is 0 Å². The van der Waals surface area contributed by atoms with Crippen molar-refractivity contribution in [3.63, 3.8) is 0 Å². The van der Waals surface area contributed by atoms with Crippen LogP contribution in [0, 0.1) is 11.8 Å². The van der Waals surface area contributed by atoms with E-state index in [9.17, 15) is 9.59 Å². The first-order valence-corrected chi connectivity index (χ1v) is 5.24. The van der Waals surface area contributed by atoms with Gasteiger partial charge in [-0.1, -0.05) is 13.0 Å². The van der Waals surface area contributed by atoms with Crippen LogP contribution in [0.2, 0.25) is 0 Å². The van der Waals surface area contributed by atoms with Crippen LogP contribution in [0.5, 0.6) is 0 Å². The molecule has 0 saturated carbocycles. The zero-order chi connectivity index (χ0) is 12.9. The van der Waals surface area contributed by atoms with Crippen LogP contribution in [-0.4, -0.2) is 22.6 Å². The summed E-state index contributed by atoms with van der Waals surface area (Å²) in [6.45, 7) is 10.5. The molecule has 0 aliphatic rings. The fraction of sp³-hybridized carbons (Fsp3) is 0.667. The molecule has 0 radical (unpaired) electrons. The molecule has 16 heavy (non-hydrogen) atoms. The summed E-state index contributed by atoms with van der Waals surface area (Å²) in [5, 5.41) is 8.97. The molecule has 0 aromatic heterocycles. The Balaban J connectivity index is 4.47. The van der Waals surface area contributed by atoms with E-state index in [1.165, 1.54) is 6.08 Å². The predicted molar refractivity (Wildman–Crippen MR) is 60.9 cm³/mol. The summed E-state index contributed by atoms with van der Waals surface area (Å²) < 4.78 is 5.08. The van der Waals surface area contributed by atoms with Crippen molar-refractivity contribution in [3.05, 3.63) is 12.7 Å². The number of carboxylic acid groups (broad SMARTS) is 1. The summed E-state index contributed by atoms with van der Waals surface area (Å²) in [6, 6.07) is 0. The zero-order valence-corrected chi connectivity index (χ0v) is 10.3. The Morgan fingerprint density at radius 2 is 1.94 bits per heavy atom. The molecule has 0 aliphatic heterocycles. The van der Waals surface area contributed by atoms with Crippen molar-refractivity contribution < 1.29 is 19.4 Å². The maximum Gasteiger partial charge on any atom is 0.307 e. The van der Waals surface area contributed by atoms with Crippen molar-refractivity contribution in [1.82, 2.24) is 0 Å². The number of carbonyl (C=O) groups excluding carboxylic acids is 1. The van der Waals surface area contributed by atoms with E-state index in [-0.39, 0.29) is 12.3 Å². The topological polar surface area (TPSA) is 63.6 Å². The van der Waals surface area contributed by atoms with Gasteiger partial charge in [-0.15, -0.1) is 6.58 Å². The van der Waals surface area contributed by atoms with E-state index >= 15 is 0 Å². The quantitative estimate of drug-likeness (QED) is 0.579. The summed E-state index contributed by atoms with van der Waals surface area (Å²) >= 11 is 0. The number of esters is 1. The highest BCUT2D eigenvalue weighted by Gasteiger charge is 2.28. The average molecular weight is 228 g/mol. The van der Waals surface area contributed by atoms with Gasteiger partial charge in [-0.05, 0) is 26.7 Å². The molecule has 0 aromatic carbocycles. The number of carbonyl (C=O) groups is 2. The Kier molecular flexibility index (Phi) is 5.21. The van der Waals surface area contributed by atoms with Crippen LogP contribution >= 0.6 is 0 Å². The summed E-state index contributed by atoms with van der Waals surface area (Å²) in [5.74, 6) is -2.52. The zero-order valence-electron chi connectivity index (χ0n) is 10.3. The molecule has 0 bridgehead atoms. The highest BCUT2D eigenvalue weighted by Crippen LogP contribution is 2.19. The molecule has 0 rings (SSSR count). The van der Waals surface area contributed by atoms with Gasteiger partial charge in [0.05, 0.1) is 12.3 Å². The van der Waals surface area contributed by atoms with E-state index in [1.54, 1.807) is 27.7 Å². The molecule has 0 fully saturated rings. The van der Waals surface area contributed by atoms with Crippen LogP contribution in [0.3, 0.4) is 0 Å². The molecule has 4 nitrogen and oxygen atoms in total. The average Bonchev–Trinajstić information content (AvgIpc) is 2.09. The Labute approximate surface area is 96.3 Å². The first-order chi connectivity index (χ1) is 7.17. The monoisotopic (exact) mass is 228 g/mol. The summed E-state index contributed by atoms with van der Waals surface area (Å²) in [4.78, 5) is 22.4. The summed E-state index contributed by atoms with van der Waals surface area (Å²) in [6.07, 6.45) is 1.41. The van der Waals surface area contributed by atoms with Crippen molar-refractivity contribution in [2.24, 2.45) is 11.8 Å².